The van der Waals surface area contributed by atoms with Gasteiger partial charge in [-0.2, -0.15) is 0 Å². The molecule has 0 spiro atoms. The van der Waals surface area contributed by atoms with Crippen molar-refractivity contribution in [3.63, 3.8) is 0 Å². The Hall–Kier alpha value is -2.52. The van der Waals surface area contributed by atoms with Gasteiger partial charge in [0.2, 0.25) is 0 Å². The molecule has 0 saturated carbocycles. The van der Waals surface area contributed by atoms with Crippen LogP contribution in [0.4, 0.5) is 11.4 Å². The molecule has 2 N–H and O–H groups in total. The summed E-state index contributed by atoms with van der Waals surface area (Å²) in [4.78, 5) is 10.3. The predicted octanol–water partition coefficient (Wildman–Crippen LogP) is 6.84. The Balaban J connectivity index is 1.54. The SMILES string of the molecule is CCOc1cc(CNCCNc2ccc([N+](=O)[O-])cc2Cl)cc(Br)c1OCc1ccc(Cl)cc1. The lowest BCUT2D eigenvalue weighted by atomic mass is 10.2. The van der Waals surface area contributed by atoms with Crippen LogP contribution in [0.3, 0.4) is 0 Å². The van der Waals surface area contributed by atoms with Gasteiger partial charge in [0.15, 0.2) is 11.5 Å². The predicted molar refractivity (Wildman–Crippen MR) is 139 cm³/mol. The van der Waals surface area contributed by atoms with Gasteiger partial charge in [-0.15, -0.1) is 0 Å². The number of nitro groups is 1. The molecule has 0 radical (unpaired) electrons. The highest BCUT2D eigenvalue weighted by atomic mass is 79.9. The van der Waals surface area contributed by atoms with Gasteiger partial charge in [0.25, 0.3) is 5.69 Å². The quantitative estimate of drug-likeness (QED) is 0.141. The molecule has 0 bridgehead atoms. The van der Waals surface area contributed by atoms with Gasteiger partial charge >= 0.3 is 0 Å². The molecule has 3 aromatic rings. The van der Waals surface area contributed by atoms with Gasteiger partial charge in [-0.05, 0) is 64.3 Å². The second-order valence-corrected chi connectivity index (χ2v) is 8.98. The summed E-state index contributed by atoms with van der Waals surface area (Å²) in [5.74, 6) is 1.31. The number of ether oxygens (including phenoxy) is 2. The van der Waals surface area contributed by atoms with E-state index >= 15 is 0 Å². The van der Waals surface area contributed by atoms with Crippen LogP contribution in [0.2, 0.25) is 10.0 Å². The van der Waals surface area contributed by atoms with Crippen molar-refractivity contribution >= 4 is 50.5 Å². The van der Waals surface area contributed by atoms with E-state index < -0.39 is 4.92 Å². The van der Waals surface area contributed by atoms with Crippen molar-refractivity contribution in [3.05, 3.63) is 90.4 Å². The Morgan fingerprint density at radius 3 is 2.44 bits per heavy atom. The number of rotatable bonds is 12. The average molecular weight is 569 g/mol. The van der Waals surface area contributed by atoms with Crippen molar-refractivity contribution in [2.45, 2.75) is 20.1 Å². The third kappa shape index (κ3) is 7.50. The molecular formula is C24H24BrCl2N3O4. The van der Waals surface area contributed by atoms with Crippen LogP contribution in [0.5, 0.6) is 11.5 Å². The Morgan fingerprint density at radius 1 is 1.00 bits per heavy atom. The number of nitrogens with zero attached hydrogens (tertiary/aromatic N) is 1. The van der Waals surface area contributed by atoms with E-state index in [9.17, 15) is 10.1 Å². The molecule has 0 aliphatic carbocycles. The van der Waals surface area contributed by atoms with Crippen molar-refractivity contribution in [2.24, 2.45) is 0 Å². The number of hydrogen-bond donors (Lipinski definition) is 2. The molecule has 0 saturated heterocycles. The summed E-state index contributed by atoms with van der Waals surface area (Å²) in [7, 11) is 0. The molecule has 0 aliphatic rings. The van der Waals surface area contributed by atoms with Crippen LogP contribution in [0, 0.1) is 10.1 Å². The number of halogens is 3. The van der Waals surface area contributed by atoms with Gasteiger partial charge in [-0.25, -0.2) is 0 Å². The highest BCUT2D eigenvalue weighted by Crippen LogP contribution is 2.37. The minimum absolute atomic E-state index is 0.0371. The molecule has 0 aliphatic heterocycles. The number of hydrogen-bond acceptors (Lipinski definition) is 6. The maximum absolute atomic E-state index is 10.8. The molecule has 7 nitrogen and oxygen atoms in total. The topological polar surface area (TPSA) is 85.7 Å². The van der Waals surface area contributed by atoms with Crippen molar-refractivity contribution in [3.8, 4) is 11.5 Å². The first kappa shape index (κ1) is 26.1. The summed E-state index contributed by atoms with van der Waals surface area (Å²) in [5, 5.41) is 18.3. The van der Waals surface area contributed by atoms with Crippen LogP contribution < -0.4 is 20.1 Å². The second kappa shape index (κ2) is 12.8. The summed E-state index contributed by atoms with van der Waals surface area (Å²) in [6.45, 7) is 4.70. The lowest BCUT2D eigenvalue weighted by Crippen LogP contribution is -2.22. The third-order valence-corrected chi connectivity index (χ3v) is 5.93. The molecule has 0 unspecified atom stereocenters. The van der Waals surface area contributed by atoms with E-state index in [4.69, 9.17) is 32.7 Å². The first-order valence-electron chi connectivity index (χ1n) is 10.6. The summed E-state index contributed by atoms with van der Waals surface area (Å²) in [5.41, 5.74) is 2.65. The fourth-order valence-corrected chi connectivity index (χ4v) is 4.11. The van der Waals surface area contributed by atoms with E-state index in [1.807, 2.05) is 43.3 Å². The third-order valence-electron chi connectivity index (χ3n) is 4.78. The summed E-state index contributed by atoms with van der Waals surface area (Å²) in [6.07, 6.45) is 0. The van der Waals surface area contributed by atoms with Crippen LogP contribution in [-0.4, -0.2) is 24.6 Å². The molecule has 180 valence electrons. The van der Waals surface area contributed by atoms with Crippen LogP contribution >= 0.6 is 39.1 Å². The number of nitrogens with one attached hydrogen (secondary N) is 2. The van der Waals surface area contributed by atoms with Crippen molar-refractivity contribution in [1.29, 1.82) is 0 Å². The minimum atomic E-state index is -0.472. The second-order valence-electron chi connectivity index (χ2n) is 7.28. The van der Waals surface area contributed by atoms with E-state index in [1.54, 1.807) is 6.07 Å². The Kier molecular flexibility index (Phi) is 9.83. The lowest BCUT2D eigenvalue weighted by Gasteiger charge is -2.16. The largest absolute Gasteiger partial charge is 0.490 e. The number of benzene rings is 3. The molecular weight excluding hydrogens is 545 g/mol. The monoisotopic (exact) mass is 567 g/mol. The minimum Gasteiger partial charge on any atom is -0.490 e. The van der Waals surface area contributed by atoms with Gasteiger partial charge in [0.1, 0.15) is 6.61 Å². The van der Waals surface area contributed by atoms with Crippen molar-refractivity contribution in [1.82, 2.24) is 5.32 Å². The molecule has 0 heterocycles. The summed E-state index contributed by atoms with van der Waals surface area (Å²) >= 11 is 15.7. The average Bonchev–Trinajstić information content (AvgIpc) is 2.80. The lowest BCUT2D eigenvalue weighted by molar-refractivity contribution is -0.384. The van der Waals surface area contributed by atoms with Gasteiger partial charge in [0, 0.05) is 36.8 Å². The Bertz CT molecular complexity index is 1130. The van der Waals surface area contributed by atoms with E-state index in [1.165, 1.54) is 12.1 Å². The van der Waals surface area contributed by atoms with Gasteiger partial charge < -0.3 is 20.1 Å². The maximum atomic E-state index is 10.8. The molecule has 0 amide bonds. The van der Waals surface area contributed by atoms with Gasteiger partial charge in [0.05, 0.1) is 26.7 Å². The number of anilines is 1. The Morgan fingerprint density at radius 2 is 1.76 bits per heavy atom. The molecule has 3 rings (SSSR count). The normalized spacial score (nSPS) is 10.7. The first-order valence-corrected chi connectivity index (χ1v) is 12.1. The fourth-order valence-electron chi connectivity index (χ4n) is 3.14. The zero-order chi connectivity index (χ0) is 24.5. The smallest absolute Gasteiger partial charge is 0.271 e. The van der Waals surface area contributed by atoms with Crippen LogP contribution in [0.1, 0.15) is 18.1 Å². The molecule has 0 aromatic heterocycles. The standard InChI is InChI=1S/C24H24BrCl2N3O4/c1-2-33-23-12-17(11-20(25)24(23)34-15-16-3-5-18(26)6-4-16)14-28-9-10-29-22-8-7-19(30(31)32)13-21(22)27/h3-8,11-13,28-29H,2,9-10,14-15H2,1H3. The molecule has 0 fully saturated rings. The molecule has 34 heavy (non-hydrogen) atoms. The first-order chi connectivity index (χ1) is 16.4. The molecule has 10 heteroatoms. The van der Waals surface area contributed by atoms with Gasteiger partial charge in [-0.3, -0.25) is 10.1 Å². The Labute approximate surface area is 216 Å². The van der Waals surface area contributed by atoms with E-state index in [2.05, 4.69) is 26.6 Å². The highest BCUT2D eigenvalue weighted by Gasteiger charge is 2.13. The van der Waals surface area contributed by atoms with E-state index in [0.717, 1.165) is 15.6 Å². The summed E-state index contributed by atoms with van der Waals surface area (Å²) in [6, 6.07) is 15.8. The molecule has 3 aromatic carbocycles. The van der Waals surface area contributed by atoms with E-state index in [0.29, 0.717) is 60.1 Å². The number of nitro benzene ring substituents is 1. The zero-order valence-corrected chi connectivity index (χ0v) is 21.5. The fraction of sp³-hybridized carbons (Fsp3) is 0.250. The summed E-state index contributed by atoms with van der Waals surface area (Å²) < 4.78 is 12.6. The highest BCUT2D eigenvalue weighted by molar-refractivity contribution is 9.10. The van der Waals surface area contributed by atoms with Crippen molar-refractivity contribution in [2.75, 3.05) is 25.0 Å². The molecule has 0 atom stereocenters. The van der Waals surface area contributed by atoms with Crippen LogP contribution in [0.25, 0.3) is 0 Å². The van der Waals surface area contributed by atoms with Crippen LogP contribution in [-0.2, 0) is 13.2 Å². The van der Waals surface area contributed by atoms with E-state index in [-0.39, 0.29) is 5.69 Å². The maximum Gasteiger partial charge on any atom is 0.271 e. The number of non-ortho nitro benzene ring substituents is 1. The zero-order valence-electron chi connectivity index (χ0n) is 18.4. The van der Waals surface area contributed by atoms with Crippen molar-refractivity contribution < 1.29 is 14.4 Å². The van der Waals surface area contributed by atoms with Crippen LogP contribution in [0.15, 0.2) is 59.1 Å². The van der Waals surface area contributed by atoms with Gasteiger partial charge in [-0.1, -0.05) is 35.3 Å².